The molecular weight excluding hydrogens is 465 g/mol. The highest BCUT2D eigenvalue weighted by Gasteiger charge is 2.58. The van der Waals surface area contributed by atoms with Crippen molar-refractivity contribution < 1.29 is 14.0 Å². The van der Waals surface area contributed by atoms with Crippen LogP contribution in [0.4, 0.5) is 4.39 Å². The number of carbonyl (C=O) groups is 2. The van der Waals surface area contributed by atoms with Crippen molar-refractivity contribution in [3.05, 3.63) is 65.7 Å². The molecule has 3 atom stereocenters. The van der Waals surface area contributed by atoms with Gasteiger partial charge >= 0.3 is 0 Å². The van der Waals surface area contributed by atoms with Crippen LogP contribution >= 0.6 is 0 Å². The number of rotatable bonds is 8. The largest absolute Gasteiger partial charge is 0.354 e. The summed E-state index contributed by atoms with van der Waals surface area (Å²) in [5, 5.41) is 3.22. The molecule has 0 radical (unpaired) electrons. The summed E-state index contributed by atoms with van der Waals surface area (Å²) in [4.78, 5) is 31.2. The van der Waals surface area contributed by atoms with Crippen LogP contribution in [0.25, 0.3) is 0 Å². The van der Waals surface area contributed by atoms with Crippen LogP contribution in [0.15, 0.2) is 48.8 Å². The molecule has 1 aromatic heterocycles. The van der Waals surface area contributed by atoms with E-state index in [1.807, 2.05) is 12.1 Å². The summed E-state index contributed by atoms with van der Waals surface area (Å²) in [6, 6.07) is 10.2. The smallest absolute Gasteiger partial charge is 0.230 e. The van der Waals surface area contributed by atoms with Gasteiger partial charge < -0.3 is 11.1 Å². The number of hydrogen-bond donors (Lipinski definition) is 2. The first-order valence-corrected chi connectivity index (χ1v) is 14.1. The molecule has 5 saturated carbocycles. The maximum atomic E-state index is 13.6. The second-order valence-electron chi connectivity index (χ2n) is 12.5. The van der Waals surface area contributed by atoms with Crippen molar-refractivity contribution >= 4 is 11.7 Å². The summed E-state index contributed by atoms with van der Waals surface area (Å²) in [6.07, 6.45) is 12.8. The molecule has 5 fully saturated rings. The quantitative estimate of drug-likeness (QED) is 0.545. The third-order valence-electron chi connectivity index (χ3n) is 10.3. The number of nitrogens with one attached hydrogen (secondary N) is 1. The number of ketones is 1. The molecule has 0 saturated heterocycles. The number of benzene rings is 1. The fourth-order valence-electron chi connectivity index (χ4n) is 8.89. The average Bonchev–Trinajstić information content (AvgIpc) is 3.39. The minimum Gasteiger partial charge on any atom is -0.354 e. The summed E-state index contributed by atoms with van der Waals surface area (Å²) in [5.41, 5.74) is 8.01. The number of nitrogens with zero attached hydrogens (tertiary/aromatic N) is 1. The molecule has 7 rings (SSSR count). The molecule has 196 valence electrons. The molecule has 5 aliphatic rings. The summed E-state index contributed by atoms with van der Waals surface area (Å²) in [6.45, 7) is 0.460. The topological polar surface area (TPSA) is 85.1 Å². The highest BCUT2D eigenvalue weighted by molar-refractivity contribution is 5.89. The van der Waals surface area contributed by atoms with Crippen molar-refractivity contribution in [2.45, 2.75) is 75.7 Å². The lowest BCUT2D eigenvalue weighted by Gasteiger charge is -2.60. The van der Waals surface area contributed by atoms with E-state index < -0.39 is 5.41 Å². The average molecular weight is 504 g/mol. The molecule has 5 nitrogen and oxygen atoms in total. The van der Waals surface area contributed by atoms with Gasteiger partial charge in [-0.1, -0.05) is 25.0 Å². The molecule has 3 N–H and O–H groups in total. The molecule has 2 aromatic rings. The number of amides is 1. The van der Waals surface area contributed by atoms with Crippen LogP contribution < -0.4 is 11.1 Å². The minimum absolute atomic E-state index is 0.0277. The lowest BCUT2D eigenvalue weighted by molar-refractivity contribution is -0.151. The van der Waals surface area contributed by atoms with Gasteiger partial charge in [-0.25, -0.2) is 4.39 Å². The van der Waals surface area contributed by atoms with E-state index >= 15 is 0 Å². The van der Waals surface area contributed by atoms with E-state index in [1.54, 1.807) is 24.5 Å². The Morgan fingerprint density at radius 2 is 1.65 bits per heavy atom. The third-order valence-corrected chi connectivity index (χ3v) is 10.3. The van der Waals surface area contributed by atoms with Crippen molar-refractivity contribution in [1.29, 1.82) is 0 Å². The van der Waals surface area contributed by atoms with E-state index in [-0.39, 0.29) is 23.2 Å². The van der Waals surface area contributed by atoms with E-state index in [4.69, 9.17) is 5.73 Å². The van der Waals surface area contributed by atoms with Crippen LogP contribution in [0.3, 0.4) is 0 Å². The molecule has 5 aliphatic carbocycles. The highest BCUT2D eigenvalue weighted by atomic mass is 19.1. The molecule has 37 heavy (non-hydrogen) atoms. The first kappa shape index (κ1) is 24.7. The lowest BCUT2D eigenvalue weighted by atomic mass is 9.44. The number of carbonyl (C=O) groups excluding carboxylic acids is 2. The Morgan fingerprint density at radius 1 is 1.00 bits per heavy atom. The molecule has 1 heterocycles. The summed E-state index contributed by atoms with van der Waals surface area (Å²) in [5.74, 6) is 2.02. The standard InChI is InChI=1S/C31H38FN3O2/c32-25-5-3-24(4-6-25)31(9-1-2-10-31)29(37)35-19-26(33)28-22-13-21-14-23(28)18-30(16-21,17-22)27(36)15-20-7-11-34-12-8-20/h3-8,11-12,21-23,26,28H,1-2,9-10,13-19,33H2,(H,35,37). The molecule has 6 heteroatoms. The van der Waals surface area contributed by atoms with Crippen LogP contribution in [-0.2, 0) is 21.4 Å². The first-order valence-electron chi connectivity index (χ1n) is 14.1. The molecule has 1 amide bonds. The highest BCUT2D eigenvalue weighted by Crippen LogP contribution is 2.63. The fourth-order valence-corrected chi connectivity index (χ4v) is 8.89. The summed E-state index contributed by atoms with van der Waals surface area (Å²) < 4.78 is 13.5. The van der Waals surface area contributed by atoms with Gasteiger partial charge in [-0.15, -0.1) is 0 Å². The van der Waals surface area contributed by atoms with Crippen LogP contribution in [-0.4, -0.2) is 29.3 Å². The fraction of sp³-hybridized carbons (Fsp3) is 0.581. The monoisotopic (exact) mass is 503 g/mol. The zero-order valence-corrected chi connectivity index (χ0v) is 21.5. The Kier molecular flexibility index (Phi) is 6.42. The van der Waals surface area contributed by atoms with Crippen LogP contribution in [0.5, 0.6) is 0 Å². The van der Waals surface area contributed by atoms with E-state index in [0.29, 0.717) is 42.4 Å². The maximum absolute atomic E-state index is 13.6. The zero-order valence-electron chi connectivity index (χ0n) is 21.5. The van der Waals surface area contributed by atoms with Gasteiger partial charge in [-0.05, 0) is 104 Å². The van der Waals surface area contributed by atoms with Gasteiger partial charge in [0.1, 0.15) is 11.6 Å². The van der Waals surface area contributed by atoms with Crippen molar-refractivity contribution in [3.63, 3.8) is 0 Å². The van der Waals surface area contributed by atoms with E-state index in [2.05, 4.69) is 10.3 Å². The van der Waals surface area contributed by atoms with Gasteiger partial charge in [0, 0.05) is 36.8 Å². The van der Waals surface area contributed by atoms with E-state index in [9.17, 15) is 14.0 Å². The molecule has 3 unspecified atom stereocenters. The van der Waals surface area contributed by atoms with Crippen LogP contribution in [0, 0.1) is 34.9 Å². The Labute approximate surface area is 218 Å². The summed E-state index contributed by atoms with van der Waals surface area (Å²) >= 11 is 0. The van der Waals surface area contributed by atoms with Gasteiger partial charge in [-0.2, -0.15) is 0 Å². The van der Waals surface area contributed by atoms with Gasteiger partial charge in [0.05, 0.1) is 5.41 Å². The second kappa shape index (κ2) is 9.61. The van der Waals surface area contributed by atoms with Crippen molar-refractivity contribution in [2.75, 3.05) is 6.54 Å². The van der Waals surface area contributed by atoms with Crippen molar-refractivity contribution in [3.8, 4) is 0 Å². The number of nitrogens with two attached hydrogens (primary N) is 1. The third kappa shape index (κ3) is 4.41. The maximum Gasteiger partial charge on any atom is 0.230 e. The molecule has 1 aromatic carbocycles. The molecule has 0 spiro atoms. The number of aromatic nitrogens is 1. The SMILES string of the molecule is NC(CNC(=O)C1(c2ccc(F)cc2)CCCC1)C1C2CC3CC1CC(C(=O)Cc1ccncc1)(C3)C2. The zero-order chi connectivity index (χ0) is 25.6. The van der Waals surface area contributed by atoms with E-state index in [1.165, 1.54) is 12.1 Å². The number of hydrogen-bond acceptors (Lipinski definition) is 4. The van der Waals surface area contributed by atoms with Gasteiger partial charge in [0.2, 0.25) is 5.91 Å². The van der Waals surface area contributed by atoms with Crippen molar-refractivity contribution in [1.82, 2.24) is 10.3 Å². The molecular formula is C31H38FN3O2. The Morgan fingerprint density at radius 3 is 2.30 bits per heavy atom. The normalized spacial score (nSPS) is 32.3. The number of Topliss-reactive ketones (excluding diaryl/α,β-unsaturated/α-hetero) is 1. The van der Waals surface area contributed by atoms with Gasteiger partial charge in [0.25, 0.3) is 0 Å². The molecule has 4 bridgehead atoms. The number of pyridine rings is 1. The Hall–Kier alpha value is -2.60. The Balaban J connectivity index is 1.12. The van der Waals surface area contributed by atoms with Crippen molar-refractivity contribution in [2.24, 2.45) is 34.8 Å². The van der Waals surface area contributed by atoms with Crippen LogP contribution in [0.2, 0.25) is 0 Å². The Bertz CT molecular complexity index is 1130. The summed E-state index contributed by atoms with van der Waals surface area (Å²) in [7, 11) is 0. The van der Waals surface area contributed by atoms with Crippen LogP contribution in [0.1, 0.15) is 68.9 Å². The predicted molar refractivity (Wildman–Crippen MR) is 140 cm³/mol. The lowest BCUT2D eigenvalue weighted by Crippen LogP contribution is -2.60. The van der Waals surface area contributed by atoms with E-state index in [0.717, 1.165) is 68.9 Å². The van der Waals surface area contributed by atoms with Gasteiger partial charge in [0.15, 0.2) is 0 Å². The number of halogens is 1. The second-order valence-corrected chi connectivity index (χ2v) is 12.5. The minimum atomic E-state index is -0.582. The van der Waals surface area contributed by atoms with Gasteiger partial charge in [-0.3, -0.25) is 14.6 Å². The molecule has 0 aliphatic heterocycles. The predicted octanol–water partition coefficient (Wildman–Crippen LogP) is 4.73. The first-order chi connectivity index (χ1) is 17.9.